The number of carbonyl (C=O) groups is 6. The Morgan fingerprint density at radius 2 is 1.38 bits per heavy atom. The summed E-state index contributed by atoms with van der Waals surface area (Å²) in [5, 5.41) is 11.0. The van der Waals surface area contributed by atoms with Crippen LogP contribution < -0.4 is 21.3 Å². The van der Waals surface area contributed by atoms with Gasteiger partial charge in [-0.25, -0.2) is 4.79 Å². The average molecular weight is 763 g/mol. The molecule has 0 saturated carbocycles. The van der Waals surface area contributed by atoms with Crippen molar-refractivity contribution in [3.63, 3.8) is 0 Å². The molecule has 0 aliphatic carbocycles. The first-order valence-electron chi connectivity index (χ1n) is 18.5. The number of amides is 5. The number of para-hydroxylation sites is 1. The third-order valence-corrected chi connectivity index (χ3v) is 9.06. The Balaban J connectivity index is 1.45. The lowest BCUT2D eigenvalue weighted by atomic mass is 10.00. The van der Waals surface area contributed by atoms with Crippen molar-refractivity contribution in [2.24, 2.45) is 5.92 Å². The molecule has 3 atom stereocenters. The monoisotopic (exact) mass is 762 g/mol. The maximum Gasteiger partial charge on any atom is 0.323 e. The predicted molar refractivity (Wildman–Crippen MR) is 213 cm³/mol. The normalized spacial score (nSPS) is 12.4. The minimum absolute atomic E-state index is 0.0252. The highest BCUT2D eigenvalue weighted by atomic mass is 16.5. The Kier molecular flexibility index (Phi) is 15.8. The van der Waals surface area contributed by atoms with Crippen molar-refractivity contribution in [2.45, 2.75) is 78.1 Å². The van der Waals surface area contributed by atoms with Crippen molar-refractivity contribution in [3.05, 3.63) is 126 Å². The number of ether oxygens (including phenoxy) is 1. The molecule has 3 aromatic carbocycles. The van der Waals surface area contributed by atoms with Gasteiger partial charge in [-0.2, -0.15) is 0 Å². The molecule has 0 radical (unpaired) electrons. The number of rotatable bonds is 18. The second-order valence-corrected chi connectivity index (χ2v) is 14.1. The lowest BCUT2D eigenvalue weighted by molar-refractivity contribution is -0.148. The van der Waals surface area contributed by atoms with Crippen LogP contribution in [0.25, 0.3) is 0 Å². The molecule has 0 bridgehead atoms. The van der Waals surface area contributed by atoms with Crippen LogP contribution in [0.15, 0.2) is 103 Å². The quantitative estimate of drug-likeness (QED) is 0.0977. The molecule has 1 aromatic heterocycles. The van der Waals surface area contributed by atoms with E-state index in [0.29, 0.717) is 22.5 Å². The Hall–Kier alpha value is -6.37. The number of aromatic nitrogens is 1. The SMILES string of the molecule is CC(=O)[C@H](Cc1ccccc1)NC(=O)[C@H](CC(=O)OCc1ccncc1)NC(=O)[C@H](CC(C)C)N(C)C(=O)Cc1ccc(NC(=O)Nc2ccccc2C)cc1. The number of pyridine rings is 1. The summed E-state index contributed by atoms with van der Waals surface area (Å²) in [4.78, 5) is 84.9. The molecule has 1 heterocycles. The molecule has 294 valence electrons. The van der Waals surface area contributed by atoms with Crippen LogP contribution in [0, 0.1) is 12.8 Å². The van der Waals surface area contributed by atoms with Crippen molar-refractivity contribution < 1.29 is 33.5 Å². The van der Waals surface area contributed by atoms with E-state index in [2.05, 4.69) is 26.3 Å². The number of ketones is 1. The number of nitrogens with zero attached hydrogens (tertiary/aromatic N) is 2. The minimum Gasteiger partial charge on any atom is -0.461 e. The number of benzene rings is 3. The summed E-state index contributed by atoms with van der Waals surface area (Å²) in [7, 11) is 1.52. The Morgan fingerprint density at radius 1 is 0.732 bits per heavy atom. The van der Waals surface area contributed by atoms with Gasteiger partial charge in [0.2, 0.25) is 17.7 Å². The maximum atomic E-state index is 14.0. The standard InChI is InChI=1S/C43H50N6O7/c1-28(2)23-38(49(5)39(51)25-32-15-17-34(18-16-32)45-43(55)48-35-14-10-9-11-29(35)3)42(54)47-37(26-40(52)56-27-33-19-21-44-22-20-33)41(53)46-36(30(4)50)24-31-12-7-6-8-13-31/h6-22,28,36-38H,23-27H2,1-5H3,(H,46,53)(H,47,54)(H2,45,48,55)/t36-,37-,38-/m0/s1. The molecule has 0 aliphatic rings. The summed E-state index contributed by atoms with van der Waals surface area (Å²) in [5.41, 5.74) is 4.28. The number of hydrogen-bond donors (Lipinski definition) is 4. The second kappa shape index (κ2) is 20.9. The number of esters is 1. The Bertz CT molecular complexity index is 1950. The van der Waals surface area contributed by atoms with E-state index in [9.17, 15) is 28.8 Å². The van der Waals surface area contributed by atoms with Crippen LogP contribution in [-0.4, -0.2) is 70.6 Å². The molecule has 5 amide bonds. The van der Waals surface area contributed by atoms with E-state index in [4.69, 9.17) is 4.74 Å². The maximum absolute atomic E-state index is 14.0. The summed E-state index contributed by atoms with van der Waals surface area (Å²) in [5.74, 6) is -2.82. The minimum atomic E-state index is -1.41. The van der Waals surface area contributed by atoms with E-state index in [0.717, 1.165) is 11.1 Å². The summed E-state index contributed by atoms with van der Waals surface area (Å²) < 4.78 is 5.42. The van der Waals surface area contributed by atoms with Gasteiger partial charge in [-0.15, -0.1) is 0 Å². The largest absolute Gasteiger partial charge is 0.461 e. The van der Waals surface area contributed by atoms with E-state index < -0.39 is 48.4 Å². The van der Waals surface area contributed by atoms with Crippen molar-refractivity contribution in [2.75, 3.05) is 17.7 Å². The number of nitrogens with one attached hydrogen (secondary N) is 4. The smallest absolute Gasteiger partial charge is 0.323 e. The van der Waals surface area contributed by atoms with Crippen molar-refractivity contribution in [1.29, 1.82) is 0 Å². The van der Waals surface area contributed by atoms with Crippen LogP contribution in [-0.2, 0) is 48.2 Å². The van der Waals surface area contributed by atoms with Crippen molar-refractivity contribution in [1.82, 2.24) is 20.5 Å². The van der Waals surface area contributed by atoms with Crippen LogP contribution in [0.3, 0.4) is 0 Å². The van der Waals surface area contributed by atoms with Crippen LogP contribution in [0.2, 0.25) is 0 Å². The zero-order chi connectivity index (χ0) is 40.6. The van der Waals surface area contributed by atoms with E-state index >= 15 is 0 Å². The Labute approximate surface area is 327 Å². The summed E-state index contributed by atoms with van der Waals surface area (Å²) >= 11 is 0. The lowest BCUT2D eigenvalue weighted by Crippen LogP contribution is -2.57. The van der Waals surface area contributed by atoms with Gasteiger partial charge in [-0.05, 0) is 85.2 Å². The van der Waals surface area contributed by atoms with Crippen molar-refractivity contribution in [3.8, 4) is 0 Å². The molecule has 56 heavy (non-hydrogen) atoms. The predicted octanol–water partition coefficient (Wildman–Crippen LogP) is 5.38. The van der Waals surface area contributed by atoms with Crippen LogP contribution in [0.1, 0.15) is 55.9 Å². The van der Waals surface area contributed by atoms with Gasteiger partial charge in [0.25, 0.3) is 0 Å². The molecule has 0 saturated heterocycles. The van der Waals surface area contributed by atoms with Gasteiger partial charge in [0.15, 0.2) is 5.78 Å². The van der Waals surface area contributed by atoms with Gasteiger partial charge in [-0.3, -0.25) is 29.0 Å². The molecule has 0 unspecified atom stereocenters. The fourth-order valence-electron chi connectivity index (χ4n) is 5.83. The molecule has 0 fully saturated rings. The number of anilines is 2. The summed E-state index contributed by atoms with van der Waals surface area (Å²) in [6.07, 6.45) is 3.02. The molecule has 4 N–H and O–H groups in total. The van der Waals surface area contributed by atoms with Crippen LogP contribution in [0.5, 0.6) is 0 Å². The first-order valence-corrected chi connectivity index (χ1v) is 18.5. The number of hydrogen-bond acceptors (Lipinski definition) is 8. The van der Waals surface area contributed by atoms with Gasteiger partial charge < -0.3 is 30.9 Å². The van der Waals surface area contributed by atoms with Crippen LogP contribution >= 0.6 is 0 Å². The van der Waals surface area contributed by atoms with E-state index in [1.54, 1.807) is 54.9 Å². The second-order valence-electron chi connectivity index (χ2n) is 14.1. The topological polar surface area (TPSA) is 176 Å². The third-order valence-electron chi connectivity index (χ3n) is 9.06. The van der Waals surface area contributed by atoms with Gasteiger partial charge in [0, 0.05) is 30.8 Å². The summed E-state index contributed by atoms with van der Waals surface area (Å²) in [6, 6.07) is 23.0. The highest BCUT2D eigenvalue weighted by Crippen LogP contribution is 2.18. The molecule has 13 heteroatoms. The lowest BCUT2D eigenvalue weighted by Gasteiger charge is -2.30. The molecular weight excluding hydrogens is 713 g/mol. The fraction of sp³-hybridized carbons (Fsp3) is 0.326. The molecule has 4 aromatic rings. The number of urea groups is 1. The van der Waals surface area contributed by atoms with Gasteiger partial charge >= 0.3 is 12.0 Å². The fourth-order valence-corrected chi connectivity index (χ4v) is 5.83. The zero-order valence-corrected chi connectivity index (χ0v) is 32.4. The first-order chi connectivity index (χ1) is 26.8. The van der Waals surface area contributed by atoms with Gasteiger partial charge in [0.05, 0.1) is 18.9 Å². The number of aryl methyl sites for hydroxylation is 1. The number of likely N-dealkylation sites (N-methyl/N-ethyl adjacent to an activating group) is 1. The third kappa shape index (κ3) is 13.5. The number of carbonyl (C=O) groups excluding carboxylic acids is 6. The molecule has 4 rings (SSSR count). The summed E-state index contributed by atoms with van der Waals surface area (Å²) in [6.45, 7) is 6.99. The highest BCUT2D eigenvalue weighted by molar-refractivity contribution is 6.00. The first kappa shape index (κ1) is 42.4. The molecule has 0 aliphatic heterocycles. The van der Waals surface area contributed by atoms with E-state index in [1.807, 2.05) is 69.3 Å². The van der Waals surface area contributed by atoms with Gasteiger partial charge in [-0.1, -0.05) is 74.5 Å². The average Bonchev–Trinajstić information content (AvgIpc) is 3.17. The van der Waals surface area contributed by atoms with Crippen molar-refractivity contribution >= 4 is 46.9 Å². The molecular formula is C43H50N6O7. The molecule has 13 nitrogen and oxygen atoms in total. The number of Topliss-reactive ketones (excluding diaryl/α,β-unsaturated/α-hetero) is 1. The highest BCUT2D eigenvalue weighted by Gasteiger charge is 2.33. The van der Waals surface area contributed by atoms with Gasteiger partial charge in [0.1, 0.15) is 18.7 Å². The van der Waals surface area contributed by atoms with Crippen LogP contribution in [0.4, 0.5) is 16.2 Å². The zero-order valence-electron chi connectivity index (χ0n) is 32.4. The Morgan fingerprint density at radius 3 is 2.02 bits per heavy atom. The van der Waals surface area contributed by atoms with E-state index in [1.165, 1.54) is 18.9 Å². The molecule has 0 spiro atoms. The van der Waals surface area contributed by atoms with E-state index in [-0.39, 0.29) is 43.5 Å².